The van der Waals surface area contributed by atoms with E-state index in [9.17, 15) is 0 Å². The van der Waals surface area contributed by atoms with Crippen LogP contribution in [0.1, 0.15) is 55.5 Å². The Balaban J connectivity index is 2.30. The van der Waals surface area contributed by atoms with E-state index < -0.39 is 0 Å². The summed E-state index contributed by atoms with van der Waals surface area (Å²) in [6.45, 7) is 8.79. The van der Waals surface area contributed by atoms with Crippen molar-refractivity contribution >= 4 is 11.6 Å². The summed E-state index contributed by atoms with van der Waals surface area (Å²) >= 11 is 6.13. The van der Waals surface area contributed by atoms with Crippen LogP contribution in [0.2, 0.25) is 5.02 Å². The second-order valence-corrected chi connectivity index (χ2v) is 6.84. The van der Waals surface area contributed by atoms with Crippen LogP contribution < -0.4 is 5.73 Å². The highest BCUT2D eigenvalue weighted by Crippen LogP contribution is 2.29. The molecule has 0 fully saturated rings. The fraction of sp³-hybridized carbons (Fsp3) is 0.368. The third-order valence-corrected chi connectivity index (χ3v) is 4.58. The molecule has 0 aliphatic rings. The first-order valence-corrected chi connectivity index (χ1v) is 7.84. The van der Waals surface area contributed by atoms with Gasteiger partial charge in [0, 0.05) is 5.02 Å². The van der Waals surface area contributed by atoms with Crippen molar-refractivity contribution in [2.24, 2.45) is 5.73 Å². The van der Waals surface area contributed by atoms with E-state index in [0.717, 1.165) is 28.1 Å². The molecule has 0 saturated carbocycles. The Labute approximate surface area is 133 Å². The summed E-state index contributed by atoms with van der Waals surface area (Å²) in [7, 11) is 0. The van der Waals surface area contributed by atoms with Gasteiger partial charge in [0.2, 0.25) is 0 Å². The predicted molar refractivity (Wildman–Crippen MR) is 92.0 cm³/mol. The van der Waals surface area contributed by atoms with Crippen LogP contribution in [0.5, 0.6) is 0 Å². The summed E-state index contributed by atoms with van der Waals surface area (Å²) in [6, 6.07) is 14.5. The smallest absolute Gasteiger partial charge is 0.0552 e. The number of nitrogens with two attached hydrogens (primary N) is 1. The van der Waals surface area contributed by atoms with E-state index in [1.807, 2.05) is 19.1 Å². The first kappa shape index (κ1) is 16.1. The van der Waals surface area contributed by atoms with Crippen molar-refractivity contribution in [3.05, 3.63) is 69.7 Å². The lowest BCUT2D eigenvalue weighted by Crippen LogP contribution is -2.16. The minimum absolute atomic E-state index is 0.138. The van der Waals surface area contributed by atoms with Crippen molar-refractivity contribution in [3.8, 4) is 0 Å². The van der Waals surface area contributed by atoms with Gasteiger partial charge in [-0.3, -0.25) is 0 Å². The molecule has 0 saturated heterocycles. The average molecular weight is 302 g/mol. The fourth-order valence-electron chi connectivity index (χ4n) is 2.48. The quantitative estimate of drug-likeness (QED) is 0.805. The van der Waals surface area contributed by atoms with Gasteiger partial charge in [0.05, 0.1) is 6.04 Å². The van der Waals surface area contributed by atoms with Gasteiger partial charge in [0.25, 0.3) is 0 Å². The molecule has 0 bridgehead atoms. The topological polar surface area (TPSA) is 26.0 Å². The van der Waals surface area contributed by atoms with Crippen LogP contribution in [0.4, 0.5) is 0 Å². The molecule has 2 aromatic carbocycles. The summed E-state index contributed by atoms with van der Waals surface area (Å²) in [5.41, 5.74) is 11.3. The van der Waals surface area contributed by atoms with Gasteiger partial charge in [-0.1, -0.05) is 62.7 Å². The van der Waals surface area contributed by atoms with Crippen molar-refractivity contribution < 1.29 is 0 Å². The van der Waals surface area contributed by atoms with Gasteiger partial charge >= 0.3 is 0 Å². The second kappa shape index (κ2) is 6.21. The number of aryl methyl sites for hydroxylation is 1. The molecule has 2 aromatic rings. The Hall–Kier alpha value is -1.31. The molecule has 0 radical (unpaired) electrons. The van der Waals surface area contributed by atoms with E-state index in [4.69, 9.17) is 17.3 Å². The number of benzene rings is 2. The highest BCUT2D eigenvalue weighted by molar-refractivity contribution is 6.30. The van der Waals surface area contributed by atoms with Crippen LogP contribution in [0, 0.1) is 6.92 Å². The Kier molecular flexibility index (Phi) is 4.75. The van der Waals surface area contributed by atoms with Crippen molar-refractivity contribution in [2.75, 3.05) is 0 Å². The summed E-state index contributed by atoms with van der Waals surface area (Å²) in [4.78, 5) is 0. The van der Waals surface area contributed by atoms with Crippen LogP contribution in [-0.4, -0.2) is 0 Å². The third kappa shape index (κ3) is 3.66. The summed E-state index contributed by atoms with van der Waals surface area (Å²) in [5, 5.41) is 0.740. The Morgan fingerprint density at radius 3 is 2.19 bits per heavy atom. The molecule has 0 spiro atoms. The second-order valence-electron chi connectivity index (χ2n) is 6.40. The first-order chi connectivity index (χ1) is 9.83. The normalized spacial score (nSPS) is 13.2. The molecule has 21 heavy (non-hydrogen) atoms. The SMILES string of the molecule is CCC(C)(C)c1ccc(C(N)c2cc(C)cc(Cl)c2)cc1. The average Bonchev–Trinajstić information content (AvgIpc) is 2.45. The number of halogens is 1. The van der Waals surface area contributed by atoms with E-state index in [1.54, 1.807) is 0 Å². The maximum absolute atomic E-state index is 6.39. The van der Waals surface area contributed by atoms with Gasteiger partial charge in [0.15, 0.2) is 0 Å². The van der Waals surface area contributed by atoms with Gasteiger partial charge in [-0.15, -0.1) is 0 Å². The summed E-state index contributed by atoms with van der Waals surface area (Å²) in [5.74, 6) is 0. The number of hydrogen-bond donors (Lipinski definition) is 1. The highest BCUT2D eigenvalue weighted by atomic mass is 35.5. The standard InChI is InChI=1S/C19H24ClN/c1-5-19(3,4)16-8-6-14(7-9-16)18(21)15-10-13(2)11-17(20)12-15/h6-12,18H,5,21H2,1-4H3. The molecule has 1 atom stereocenters. The van der Waals surface area contributed by atoms with Crippen molar-refractivity contribution in [1.82, 2.24) is 0 Å². The zero-order chi connectivity index (χ0) is 15.6. The predicted octanol–water partition coefficient (Wildman–Crippen LogP) is 5.38. The van der Waals surface area contributed by atoms with Crippen LogP contribution in [-0.2, 0) is 5.41 Å². The zero-order valence-electron chi connectivity index (χ0n) is 13.3. The summed E-state index contributed by atoms with van der Waals surface area (Å²) < 4.78 is 0. The minimum Gasteiger partial charge on any atom is -0.320 e. The van der Waals surface area contributed by atoms with Crippen molar-refractivity contribution in [2.45, 2.75) is 45.6 Å². The third-order valence-electron chi connectivity index (χ3n) is 4.36. The fourth-order valence-corrected chi connectivity index (χ4v) is 2.78. The van der Waals surface area contributed by atoms with E-state index in [1.165, 1.54) is 5.56 Å². The van der Waals surface area contributed by atoms with E-state index in [0.29, 0.717) is 0 Å². The van der Waals surface area contributed by atoms with Gasteiger partial charge in [-0.25, -0.2) is 0 Å². The molecule has 1 nitrogen and oxygen atoms in total. The number of hydrogen-bond acceptors (Lipinski definition) is 1. The van der Waals surface area contributed by atoms with E-state index in [2.05, 4.69) is 51.1 Å². The lowest BCUT2D eigenvalue weighted by atomic mass is 9.81. The Morgan fingerprint density at radius 2 is 1.67 bits per heavy atom. The molecule has 0 aromatic heterocycles. The molecule has 0 aliphatic heterocycles. The van der Waals surface area contributed by atoms with Gasteiger partial charge in [0.1, 0.15) is 0 Å². The highest BCUT2D eigenvalue weighted by Gasteiger charge is 2.18. The van der Waals surface area contributed by atoms with Crippen LogP contribution in [0.15, 0.2) is 42.5 Å². The lowest BCUT2D eigenvalue weighted by molar-refractivity contribution is 0.506. The molecule has 2 rings (SSSR count). The van der Waals surface area contributed by atoms with Crippen LogP contribution in [0.25, 0.3) is 0 Å². The van der Waals surface area contributed by atoms with Crippen LogP contribution in [0.3, 0.4) is 0 Å². The maximum Gasteiger partial charge on any atom is 0.0552 e. The molecular weight excluding hydrogens is 278 g/mol. The molecule has 2 N–H and O–H groups in total. The molecule has 1 unspecified atom stereocenters. The van der Waals surface area contributed by atoms with Gasteiger partial charge < -0.3 is 5.73 Å². The molecular formula is C19H24ClN. The van der Waals surface area contributed by atoms with E-state index in [-0.39, 0.29) is 11.5 Å². The lowest BCUT2D eigenvalue weighted by Gasteiger charge is -2.24. The zero-order valence-corrected chi connectivity index (χ0v) is 14.0. The Bertz CT molecular complexity index is 594. The molecule has 0 heterocycles. The first-order valence-electron chi connectivity index (χ1n) is 7.46. The summed E-state index contributed by atoms with van der Waals surface area (Å²) in [6.07, 6.45) is 1.12. The van der Waals surface area contributed by atoms with Crippen LogP contribution >= 0.6 is 11.6 Å². The van der Waals surface area contributed by atoms with Crippen molar-refractivity contribution in [3.63, 3.8) is 0 Å². The number of rotatable bonds is 4. The molecule has 0 aliphatic carbocycles. The maximum atomic E-state index is 6.39. The van der Waals surface area contributed by atoms with E-state index >= 15 is 0 Å². The Morgan fingerprint density at radius 1 is 1.05 bits per heavy atom. The molecule has 112 valence electrons. The van der Waals surface area contributed by atoms with Gasteiger partial charge in [-0.2, -0.15) is 0 Å². The van der Waals surface area contributed by atoms with Crippen molar-refractivity contribution in [1.29, 1.82) is 0 Å². The van der Waals surface area contributed by atoms with Gasteiger partial charge in [-0.05, 0) is 53.1 Å². The minimum atomic E-state index is -0.138. The largest absolute Gasteiger partial charge is 0.320 e. The monoisotopic (exact) mass is 301 g/mol. The molecule has 2 heteroatoms. The molecule has 0 amide bonds.